The minimum Gasteiger partial charge on any atom is -0.299 e. The maximum Gasteiger partial charge on any atom is 0.243 e. The van der Waals surface area contributed by atoms with Crippen LogP contribution in [0.1, 0.15) is 37.4 Å². The third kappa shape index (κ3) is 5.75. The monoisotopic (exact) mass is 542 g/mol. The second-order valence-corrected chi connectivity index (χ2v) is 11.0. The van der Waals surface area contributed by atoms with Crippen LogP contribution < -0.4 is 0 Å². The van der Waals surface area contributed by atoms with Crippen LogP contribution in [0.4, 0.5) is 0 Å². The number of carbonyl (C=O) groups excluding carboxylic acids is 1. The van der Waals surface area contributed by atoms with E-state index in [2.05, 4.69) is 49.8 Å². The van der Waals surface area contributed by atoms with Crippen molar-refractivity contribution >= 4 is 47.7 Å². The minimum absolute atomic E-state index is 0.0781. The van der Waals surface area contributed by atoms with Crippen molar-refractivity contribution in [2.45, 2.75) is 43.9 Å². The molecule has 1 aliphatic heterocycles. The summed E-state index contributed by atoms with van der Waals surface area (Å²) in [5.41, 5.74) is 2.11. The maximum absolute atomic E-state index is 12.9. The predicted octanol–water partition coefficient (Wildman–Crippen LogP) is 4.77. The van der Waals surface area contributed by atoms with Crippen molar-refractivity contribution in [1.29, 1.82) is 0 Å². The Hall–Kier alpha value is -1.09. The zero-order chi connectivity index (χ0) is 21.0. The third-order valence-electron chi connectivity index (χ3n) is 5.30. The molecule has 156 valence electrons. The summed E-state index contributed by atoms with van der Waals surface area (Å²) in [5, 5.41) is 0. The van der Waals surface area contributed by atoms with Crippen LogP contribution in [0, 0.1) is 5.92 Å². The van der Waals surface area contributed by atoms with Gasteiger partial charge in [0.25, 0.3) is 0 Å². The number of Topliss-reactive ketones (excluding diaryl/α,β-unsaturated/α-hetero) is 1. The number of sulfonamides is 1. The molecule has 0 saturated carbocycles. The summed E-state index contributed by atoms with van der Waals surface area (Å²) in [6.45, 7) is 2.82. The molecule has 1 aromatic heterocycles. The van der Waals surface area contributed by atoms with E-state index in [1.165, 1.54) is 9.87 Å². The molecule has 1 saturated heterocycles. The number of hydrogen-bond donors (Lipinski definition) is 0. The van der Waals surface area contributed by atoms with Gasteiger partial charge in [-0.3, -0.25) is 9.78 Å². The van der Waals surface area contributed by atoms with Crippen molar-refractivity contribution in [2.24, 2.45) is 5.92 Å². The van der Waals surface area contributed by atoms with Crippen LogP contribution in [0.15, 0.2) is 50.4 Å². The molecule has 29 heavy (non-hydrogen) atoms. The molecule has 0 N–H and O–H groups in total. The van der Waals surface area contributed by atoms with Gasteiger partial charge in [-0.1, -0.05) is 44.8 Å². The quantitative estimate of drug-likeness (QED) is 0.504. The maximum atomic E-state index is 12.9. The summed E-state index contributed by atoms with van der Waals surface area (Å²) in [4.78, 5) is 17.3. The van der Waals surface area contributed by atoms with Gasteiger partial charge < -0.3 is 0 Å². The molecule has 1 fully saturated rings. The van der Waals surface area contributed by atoms with Gasteiger partial charge in [0.05, 0.1) is 4.90 Å². The molecule has 0 atom stereocenters. The van der Waals surface area contributed by atoms with E-state index in [0.717, 1.165) is 12.1 Å². The highest BCUT2D eigenvalue weighted by Crippen LogP contribution is 2.29. The number of ketones is 1. The second-order valence-electron chi connectivity index (χ2n) is 7.26. The molecule has 1 aromatic carbocycles. The van der Waals surface area contributed by atoms with Gasteiger partial charge in [-0.05, 0) is 55.5 Å². The van der Waals surface area contributed by atoms with Crippen LogP contribution in [0.3, 0.4) is 0 Å². The number of carbonyl (C=O) groups is 1. The number of pyridine rings is 1. The van der Waals surface area contributed by atoms with E-state index in [9.17, 15) is 13.2 Å². The predicted molar refractivity (Wildman–Crippen MR) is 120 cm³/mol. The van der Waals surface area contributed by atoms with Crippen molar-refractivity contribution in [2.75, 3.05) is 13.1 Å². The van der Waals surface area contributed by atoms with Crippen LogP contribution >= 0.6 is 31.9 Å². The molecule has 0 radical (unpaired) electrons. The Labute approximate surface area is 189 Å². The van der Waals surface area contributed by atoms with Gasteiger partial charge in [0.2, 0.25) is 10.0 Å². The number of piperidine rings is 1. The van der Waals surface area contributed by atoms with Gasteiger partial charge in [0.15, 0.2) is 0 Å². The van der Waals surface area contributed by atoms with Gasteiger partial charge in [0, 0.05) is 46.3 Å². The lowest BCUT2D eigenvalue weighted by Gasteiger charge is -2.30. The van der Waals surface area contributed by atoms with Crippen molar-refractivity contribution in [3.8, 4) is 0 Å². The fourth-order valence-corrected chi connectivity index (χ4v) is 6.65. The summed E-state index contributed by atoms with van der Waals surface area (Å²) in [5.74, 6) is 0.124. The number of aromatic nitrogens is 1. The fraction of sp³-hybridized carbons (Fsp3) is 0.429. The molecule has 5 nitrogen and oxygen atoms in total. The first-order valence-electron chi connectivity index (χ1n) is 9.72. The van der Waals surface area contributed by atoms with Gasteiger partial charge in [-0.25, -0.2) is 8.42 Å². The Morgan fingerprint density at radius 2 is 1.79 bits per heavy atom. The first-order chi connectivity index (χ1) is 13.8. The molecule has 1 aliphatic rings. The Bertz CT molecular complexity index is 950. The average Bonchev–Trinajstić information content (AvgIpc) is 2.71. The normalized spacial score (nSPS) is 16.1. The van der Waals surface area contributed by atoms with E-state index < -0.39 is 10.0 Å². The molecule has 8 heteroatoms. The highest BCUT2D eigenvalue weighted by atomic mass is 79.9. The first-order valence-corrected chi connectivity index (χ1v) is 12.7. The standard InChI is InChI=1S/C21H24Br2N2O3S/c1-2-15-3-4-19(24-14-15)5-6-21(26)16-7-9-25(10-8-16)29(27,28)20-12-17(22)11-18(23)13-20/h3-4,11-14,16H,2,5-10H2,1H3. The van der Waals surface area contributed by atoms with Crippen molar-refractivity contribution in [1.82, 2.24) is 9.29 Å². The molecule has 3 rings (SSSR count). The fourth-order valence-electron chi connectivity index (χ4n) is 3.51. The topological polar surface area (TPSA) is 67.3 Å². The zero-order valence-electron chi connectivity index (χ0n) is 16.3. The van der Waals surface area contributed by atoms with Gasteiger partial charge >= 0.3 is 0 Å². The van der Waals surface area contributed by atoms with Gasteiger partial charge in [-0.15, -0.1) is 0 Å². The summed E-state index contributed by atoms with van der Waals surface area (Å²) >= 11 is 6.68. The van der Waals surface area contributed by atoms with Crippen LogP contribution in [-0.4, -0.2) is 36.6 Å². The molecule has 0 bridgehead atoms. The molecular formula is C21H24Br2N2O3S. The first kappa shape index (κ1) is 22.6. The van der Waals surface area contributed by atoms with Crippen LogP contribution in [0.5, 0.6) is 0 Å². The number of nitrogens with zero attached hydrogens (tertiary/aromatic N) is 2. The summed E-state index contributed by atoms with van der Waals surface area (Å²) in [6, 6.07) is 9.05. The number of benzene rings is 1. The Morgan fingerprint density at radius 3 is 2.34 bits per heavy atom. The van der Waals surface area contributed by atoms with Crippen molar-refractivity contribution in [3.05, 3.63) is 56.7 Å². The smallest absolute Gasteiger partial charge is 0.243 e. The lowest BCUT2D eigenvalue weighted by Crippen LogP contribution is -2.40. The van der Waals surface area contributed by atoms with E-state index in [1.54, 1.807) is 18.2 Å². The van der Waals surface area contributed by atoms with Gasteiger partial charge in [0.1, 0.15) is 5.78 Å². The van der Waals surface area contributed by atoms with E-state index in [1.807, 2.05) is 12.3 Å². The molecule has 2 heterocycles. The lowest BCUT2D eigenvalue weighted by molar-refractivity contribution is -0.123. The molecule has 0 unspecified atom stereocenters. The molecular weight excluding hydrogens is 520 g/mol. The molecule has 0 amide bonds. The van der Waals surface area contributed by atoms with Crippen molar-refractivity contribution in [3.63, 3.8) is 0 Å². The molecule has 0 aliphatic carbocycles. The minimum atomic E-state index is -3.57. The third-order valence-corrected chi connectivity index (χ3v) is 8.10. The van der Waals surface area contributed by atoms with E-state index in [0.29, 0.717) is 47.7 Å². The average molecular weight is 544 g/mol. The number of hydrogen-bond acceptors (Lipinski definition) is 4. The van der Waals surface area contributed by atoms with Crippen LogP contribution in [0.25, 0.3) is 0 Å². The Kier molecular flexibility index (Phi) is 7.64. The molecule has 0 spiro atoms. The summed E-state index contributed by atoms with van der Waals surface area (Å²) in [7, 11) is -3.57. The van der Waals surface area contributed by atoms with E-state index in [4.69, 9.17) is 0 Å². The summed E-state index contributed by atoms with van der Waals surface area (Å²) < 4.78 is 28.7. The zero-order valence-corrected chi connectivity index (χ0v) is 20.3. The number of aryl methyl sites for hydroxylation is 2. The Balaban J connectivity index is 1.55. The van der Waals surface area contributed by atoms with E-state index >= 15 is 0 Å². The highest BCUT2D eigenvalue weighted by molar-refractivity contribution is 9.11. The van der Waals surface area contributed by atoms with Gasteiger partial charge in [-0.2, -0.15) is 4.31 Å². The highest BCUT2D eigenvalue weighted by Gasteiger charge is 2.32. The van der Waals surface area contributed by atoms with Crippen LogP contribution in [-0.2, 0) is 27.7 Å². The largest absolute Gasteiger partial charge is 0.299 e. The Morgan fingerprint density at radius 1 is 1.14 bits per heavy atom. The molecule has 2 aromatic rings. The SMILES string of the molecule is CCc1ccc(CCC(=O)C2CCN(S(=O)(=O)c3cc(Br)cc(Br)c3)CC2)nc1. The van der Waals surface area contributed by atoms with E-state index in [-0.39, 0.29) is 16.6 Å². The second kappa shape index (κ2) is 9.81. The lowest BCUT2D eigenvalue weighted by atomic mass is 9.91. The number of halogens is 2. The number of rotatable bonds is 7. The summed E-state index contributed by atoms with van der Waals surface area (Å²) in [6.07, 6.45) is 5.03. The van der Waals surface area contributed by atoms with Crippen LogP contribution in [0.2, 0.25) is 0 Å². The van der Waals surface area contributed by atoms with Crippen molar-refractivity contribution < 1.29 is 13.2 Å².